The van der Waals surface area contributed by atoms with E-state index in [1.807, 2.05) is 45.9 Å². The quantitative estimate of drug-likeness (QED) is 0.775. The Kier molecular flexibility index (Phi) is 6.18. The van der Waals surface area contributed by atoms with Crippen LogP contribution in [0, 0.1) is 19.8 Å². The van der Waals surface area contributed by atoms with Crippen molar-refractivity contribution in [3.63, 3.8) is 0 Å². The highest BCUT2D eigenvalue weighted by Gasteiger charge is 2.23. The van der Waals surface area contributed by atoms with E-state index in [0.29, 0.717) is 13.0 Å². The number of carboxylic acid groups (broad SMARTS) is 1. The van der Waals surface area contributed by atoms with Gasteiger partial charge in [-0.25, -0.2) is 14.8 Å². The molecular weight excluding hydrogens is 330 g/mol. The zero-order valence-corrected chi connectivity index (χ0v) is 16.0. The second-order valence-electron chi connectivity index (χ2n) is 7.46. The highest BCUT2D eigenvalue weighted by molar-refractivity contribution is 5.65. The van der Waals surface area contributed by atoms with Crippen LogP contribution >= 0.6 is 0 Å². The number of aromatic nitrogens is 2. The van der Waals surface area contributed by atoms with Gasteiger partial charge in [-0.2, -0.15) is 0 Å². The summed E-state index contributed by atoms with van der Waals surface area (Å²) in [4.78, 5) is 19.3. The summed E-state index contributed by atoms with van der Waals surface area (Å²) >= 11 is 0. The molecule has 26 heavy (non-hydrogen) atoms. The smallest absolute Gasteiger partial charge is 0.405 e. The number of aryl methyl sites for hydroxylation is 2. The van der Waals surface area contributed by atoms with E-state index in [4.69, 9.17) is 9.84 Å². The number of rotatable bonds is 7. The number of nitrogens with one attached hydrogen (secondary N) is 1. The van der Waals surface area contributed by atoms with Gasteiger partial charge in [-0.3, -0.25) is 0 Å². The van der Waals surface area contributed by atoms with E-state index in [2.05, 4.69) is 28.3 Å². The predicted molar refractivity (Wildman–Crippen MR) is 101 cm³/mol. The first-order chi connectivity index (χ1) is 12.2. The fraction of sp³-hybridized carbons (Fsp3) is 0.450. The molecule has 1 aromatic heterocycles. The zero-order chi connectivity index (χ0) is 19.3. The summed E-state index contributed by atoms with van der Waals surface area (Å²) in [6.45, 7) is 10.3. The SMILES string of the molecule is Cc1cc(-c2ccc(OC[C@@H](C)CC(C)(C)NC(=O)O)c(C)c2)ncn1. The molecule has 0 saturated carbocycles. The van der Waals surface area contributed by atoms with Crippen LogP contribution in [0.4, 0.5) is 4.79 Å². The minimum absolute atomic E-state index is 0.209. The Balaban J connectivity index is 1.99. The Labute approximate surface area is 154 Å². The van der Waals surface area contributed by atoms with Gasteiger partial charge >= 0.3 is 6.09 Å². The lowest BCUT2D eigenvalue weighted by molar-refractivity contribution is 0.169. The van der Waals surface area contributed by atoms with Gasteiger partial charge in [-0.05, 0) is 69.9 Å². The second-order valence-corrected chi connectivity index (χ2v) is 7.46. The van der Waals surface area contributed by atoms with Crippen LogP contribution in [0.1, 0.15) is 38.4 Å². The molecule has 6 heteroatoms. The molecule has 1 aromatic carbocycles. The topological polar surface area (TPSA) is 84.3 Å². The monoisotopic (exact) mass is 357 g/mol. The minimum Gasteiger partial charge on any atom is -0.493 e. The third-order valence-corrected chi connectivity index (χ3v) is 4.10. The molecule has 1 heterocycles. The number of hydrogen-bond acceptors (Lipinski definition) is 4. The third-order valence-electron chi connectivity index (χ3n) is 4.10. The van der Waals surface area contributed by atoms with Crippen molar-refractivity contribution >= 4 is 6.09 Å². The standard InChI is InChI=1S/C20H27N3O3/c1-13(10-20(4,5)23-19(24)25)11-26-18-7-6-16(8-14(18)2)17-9-15(3)21-12-22-17/h6-9,12-13,23H,10-11H2,1-5H3,(H,24,25)/t13-/m0/s1. The fourth-order valence-corrected chi connectivity index (χ4v) is 3.09. The first kappa shape index (κ1) is 19.7. The maximum atomic E-state index is 10.8. The Bertz CT molecular complexity index is 775. The summed E-state index contributed by atoms with van der Waals surface area (Å²) in [7, 11) is 0. The number of nitrogens with zero attached hydrogens (tertiary/aromatic N) is 2. The van der Waals surface area contributed by atoms with Crippen molar-refractivity contribution in [2.75, 3.05) is 6.61 Å². The first-order valence-electron chi connectivity index (χ1n) is 8.70. The number of ether oxygens (including phenoxy) is 1. The van der Waals surface area contributed by atoms with Crippen LogP contribution in [0.25, 0.3) is 11.3 Å². The number of carbonyl (C=O) groups is 1. The summed E-state index contributed by atoms with van der Waals surface area (Å²) in [5.74, 6) is 1.04. The van der Waals surface area contributed by atoms with E-state index < -0.39 is 11.6 Å². The molecule has 0 aliphatic carbocycles. The molecule has 140 valence electrons. The number of hydrogen-bond donors (Lipinski definition) is 2. The molecule has 0 fully saturated rings. The molecule has 0 aliphatic heterocycles. The van der Waals surface area contributed by atoms with Crippen LogP contribution in [0.15, 0.2) is 30.6 Å². The Hall–Kier alpha value is -2.63. The average molecular weight is 357 g/mol. The van der Waals surface area contributed by atoms with Gasteiger partial charge in [0.15, 0.2) is 0 Å². The molecule has 2 rings (SSSR count). The van der Waals surface area contributed by atoms with Gasteiger partial charge in [-0.15, -0.1) is 0 Å². The van der Waals surface area contributed by atoms with E-state index in [9.17, 15) is 4.79 Å². The summed E-state index contributed by atoms with van der Waals surface area (Å²) in [6.07, 6.45) is 1.25. The first-order valence-corrected chi connectivity index (χ1v) is 8.70. The minimum atomic E-state index is -1.01. The van der Waals surface area contributed by atoms with Gasteiger partial charge in [0.2, 0.25) is 0 Å². The molecule has 2 aromatic rings. The fourth-order valence-electron chi connectivity index (χ4n) is 3.09. The molecular formula is C20H27N3O3. The third kappa shape index (κ3) is 5.72. The van der Waals surface area contributed by atoms with Gasteiger partial charge in [0.05, 0.1) is 12.3 Å². The maximum absolute atomic E-state index is 10.8. The highest BCUT2D eigenvalue weighted by Crippen LogP contribution is 2.26. The molecule has 0 saturated heterocycles. The Morgan fingerprint density at radius 2 is 2.00 bits per heavy atom. The van der Waals surface area contributed by atoms with E-state index in [1.54, 1.807) is 6.33 Å². The van der Waals surface area contributed by atoms with Crippen LogP contribution in [-0.4, -0.2) is 33.3 Å². The summed E-state index contributed by atoms with van der Waals surface area (Å²) in [5, 5.41) is 11.4. The summed E-state index contributed by atoms with van der Waals surface area (Å²) in [5.41, 5.74) is 3.40. The van der Waals surface area contributed by atoms with Crippen LogP contribution in [0.5, 0.6) is 5.75 Å². The lowest BCUT2D eigenvalue weighted by Gasteiger charge is -2.28. The van der Waals surface area contributed by atoms with Crippen LogP contribution in [0.2, 0.25) is 0 Å². The molecule has 1 amide bonds. The van der Waals surface area contributed by atoms with E-state index in [1.165, 1.54) is 0 Å². The van der Waals surface area contributed by atoms with Crippen LogP contribution in [-0.2, 0) is 0 Å². The van der Waals surface area contributed by atoms with E-state index in [-0.39, 0.29) is 5.92 Å². The van der Waals surface area contributed by atoms with E-state index in [0.717, 1.165) is 28.3 Å². The molecule has 1 atom stereocenters. The molecule has 0 bridgehead atoms. The van der Waals surface area contributed by atoms with Crippen LogP contribution < -0.4 is 10.1 Å². The molecule has 2 N–H and O–H groups in total. The molecule has 0 unspecified atom stereocenters. The Morgan fingerprint density at radius 3 is 2.62 bits per heavy atom. The number of amides is 1. The van der Waals surface area contributed by atoms with Crippen LogP contribution in [0.3, 0.4) is 0 Å². The summed E-state index contributed by atoms with van der Waals surface area (Å²) < 4.78 is 5.96. The largest absolute Gasteiger partial charge is 0.493 e. The Morgan fingerprint density at radius 1 is 1.27 bits per heavy atom. The lowest BCUT2D eigenvalue weighted by atomic mass is 9.92. The van der Waals surface area contributed by atoms with Crippen molar-refractivity contribution in [2.45, 2.75) is 46.6 Å². The zero-order valence-electron chi connectivity index (χ0n) is 16.0. The lowest BCUT2D eigenvalue weighted by Crippen LogP contribution is -2.44. The maximum Gasteiger partial charge on any atom is 0.405 e. The average Bonchev–Trinajstić information content (AvgIpc) is 2.51. The van der Waals surface area contributed by atoms with Gasteiger partial charge in [0, 0.05) is 16.8 Å². The van der Waals surface area contributed by atoms with Gasteiger partial charge < -0.3 is 15.2 Å². The molecule has 0 radical (unpaired) electrons. The van der Waals surface area contributed by atoms with Gasteiger partial charge in [-0.1, -0.05) is 6.92 Å². The van der Waals surface area contributed by atoms with Crippen molar-refractivity contribution < 1.29 is 14.6 Å². The van der Waals surface area contributed by atoms with E-state index >= 15 is 0 Å². The highest BCUT2D eigenvalue weighted by atomic mass is 16.5. The second kappa shape index (κ2) is 8.17. The van der Waals surface area contributed by atoms with Crippen molar-refractivity contribution in [1.29, 1.82) is 0 Å². The predicted octanol–water partition coefficient (Wildman–Crippen LogP) is 4.21. The van der Waals surface area contributed by atoms with Crippen molar-refractivity contribution in [3.8, 4) is 17.0 Å². The molecule has 0 spiro atoms. The summed E-state index contributed by atoms with van der Waals surface area (Å²) in [6, 6.07) is 7.95. The van der Waals surface area contributed by atoms with Crippen molar-refractivity contribution in [1.82, 2.24) is 15.3 Å². The normalized spacial score (nSPS) is 12.5. The van der Waals surface area contributed by atoms with Gasteiger partial charge in [0.25, 0.3) is 0 Å². The molecule has 0 aliphatic rings. The number of benzene rings is 1. The molecule has 6 nitrogen and oxygen atoms in total. The van der Waals surface area contributed by atoms with Crippen molar-refractivity contribution in [3.05, 3.63) is 41.9 Å². The van der Waals surface area contributed by atoms with Crippen molar-refractivity contribution in [2.24, 2.45) is 5.92 Å². The van der Waals surface area contributed by atoms with Gasteiger partial charge in [0.1, 0.15) is 12.1 Å².